The largest absolute Gasteiger partial charge is 0.331 e. The van der Waals surface area contributed by atoms with Gasteiger partial charge in [0.15, 0.2) is 0 Å². The predicted octanol–water partition coefficient (Wildman–Crippen LogP) is -0.234. The molecule has 0 aromatic rings. The Labute approximate surface area is 89.7 Å². The lowest BCUT2D eigenvalue weighted by Gasteiger charge is -2.17. The molecule has 0 spiro atoms. The summed E-state index contributed by atoms with van der Waals surface area (Å²) in [5.74, 6) is 0. The molecule has 1 N–H and O–H groups in total. The van der Waals surface area contributed by atoms with E-state index in [-0.39, 0.29) is 24.7 Å². The first kappa shape index (κ1) is 12.3. The van der Waals surface area contributed by atoms with E-state index >= 15 is 0 Å². The molecule has 88 valence electrons. The van der Waals surface area contributed by atoms with Crippen molar-refractivity contribution in [3.05, 3.63) is 0 Å². The second-order valence-corrected chi connectivity index (χ2v) is 5.91. The van der Waals surface area contributed by atoms with Crippen LogP contribution >= 0.6 is 0 Å². The van der Waals surface area contributed by atoms with Gasteiger partial charge in [0.25, 0.3) is 10.1 Å². The number of nitrogens with zero attached hydrogens (tertiary/aromatic N) is 1. The third kappa shape index (κ3) is 4.05. The van der Waals surface area contributed by atoms with Gasteiger partial charge in [-0.25, -0.2) is 4.79 Å². The molecule has 0 unspecified atom stereocenters. The molecule has 6 nitrogen and oxygen atoms in total. The molecule has 1 fully saturated rings. The van der Waals surface area contributed by atoms with Crippen molar-refractivity contribution in [1.29, 1.82) is 0 Å². The first-order valence-corrected chi connectivity index (χ1v) is 6.43. The average molecular weight is 236 g/mol. The van der Waals surface area contributed by atoms with Crippen molar-refractivity contribution in [1.82, 2.24) is 10.2 Å². The Bertz CT molecular complexity index is 350. The van der Waals surface area contributed by atoms with Gasteiger partial charge in [0.1, 0.15) is 0 Å². The minimum absolute atomic E-state index is 0.00231. The van der Waals surface area contributed by atoms with Crippen molar-refractivity contribution in [2.45, 2.75) is 19.4 Å². The molecule has 1 heterocycles. The monoisotopic (exact) mass is 236 g/mol. The zero-order chi connectivity index (χ0) is 11.7. The molecule has 0 aromatic carbocycles. The number of amides is 2. The van der Waals surface area contributed by atoms with E-state index in [9.17, 15) is 13.2 Å². The summed E-state index contributed by atoms with van der Waals surface area (Å²) < 4.78 is 25.9. The lowest BCUT2D eigenvalue weighted by molar-refractivity contribution is 0.203. The highest BCUT2D eigenvalue weighted by Gasteiger charge is 2.34. The molecule has 2 amide bonds. The third-order valence-corrected chi connectivity index (χ3v) is 2.57. The predicted molar refractivity (Wildman–Crippen MR) is 55.0 cm³/mol. The van der Waals surface area contributed by atoms with Gasteiger partial charge < -0.3 is 10.2 Å². The van der Waals surface area contributed by atoms with Crippen LogP contribution in [0.2, 0.25) is 0 Å². The van der Waals surface area contributed by atoms with Gasteiger partial charge in [-0.15, -0.1) is 0 Å². The van der Waals surface area contributed by atoms with E-state index < -0.39 is 10.1 Å². The van der Waals surface area contributed by atoms with E-state index in [1.165, 1.54) is 4.90 Å². The Morgan fingerprint density at radius 3 is 2.53 bits per heavy atom. The molecular formula is C8H16N2O4S. The van der Waals surface area contributed by atoms with Crippen LogP contribution in [0.1, 0.15) is 13.8 Å². The molecular weight excluding hydrogens is 220 g/mol. The fourth-order valence-electron chi connectivity index (χ4n) is 1.44. The Morgan fingerprint density at radius 1 is 1.53 bits per heavy atom. The van der Waals surface area contributed by atoms with Gasteiger partial charge in [0.2, 0.25) is 0 Å². The van der Waals surface area contributed by atoms with Crippen LogP contribution in [-0.4, -0.2) is 50.8 Å². The van der Waals surface area contributed by atoms with Crippen LogP contribution in [-0.2, 0) is 14.3 Å². The van der Waals surface area contributed by atoms with Crippen LogP contribution in [0.15, 0.2) is 0 Å². The lowest BCUT2D eigenvalue weighted by Crippen LogP contribution is -2.36. The van der Waals surface area contributed by atoms with Crippen LogP contribution in [0.4, 0.5) is 4.79 Å². The first-order valence-electron chi connectivity index (χ1n) is 4.61. The quantitative estimate of drug-likeness (QED) is 0.684. The molecule has 0 aliphatic carbocycles. The maximum absolute atomic E-state index is 11.4. The normalized spacial score (nSPS) is 20.5. The summed E-state index contributed by atoms with van der Waals surface area (Å²) in [6, 6.07) is -0.183. The van der Waals surface area contributed by atoms with Gasteiger partial charge >= 0.3 is 6.03 Å². The topological polar surface area (TPSA) is 75.7 Å². The SMILES string of the molecule is CC1(C)CN(CCOS(C)(=O)=O)C(=O)N1. The van der Waals surface area contributed by atoms with E-state index in [4.69, 9.17) is 0 Å². The van der Waals surface area contributed by atoms with Crippen molar-refractivity contribution >= 4 is 16.1 Å². The van der Waals surface area contributed by atoms with E-state index in [1.54, 1.807) is 0 Å². The smallest absolute Gasteiger partial charge is 0.318 e. The summed E-state index contributed by atoms with van der Waals surface area (Å²) in [7, 11) is -3.42. The van der Waals surface area contributed by atoms with Crippen LogP contribution in [0.3, 0.4) is 0 Å². The fourth-order valence-corrected chi connectivity index (χ4v) is 1.81. The van der Waals surface area contributed by atoms with Gasteiger partial charge in [-0.05, 0) is 13.8 Å². The number of carbonyl (C=O) groups excluding carboxylic acids is 1. The van der Waals surface area contributed by atoms with Gasteiger partial charge in [-0.2, -0.15) is 8.42 Å². The molecule has 1 saturated heterocycles. The summed E-state index contributed by atoms with van der Waals surface area (Å²) in [6.45, 7) is 4.65. The molecule has 15 heavy (non-hydrogen) atoms. The summed E-state index contributed by atoms with van der Waals surface area (Å²) in [5.41, 5.74) is -0.262. The highest BCUT2D eigenvalue weighted by atomic mass is 32.2. The zero-order valence-electron chi connectivity index (χ0n) is 9.11. The number of rotatable bonds is 4. The second-order valence-electron chi connectivity index (χ2n) is 4.26. The minimum Gasteiger partial charge on any atom is -0.331 e. The molecule has 0 saturated carbocycles. The second kappa shape index (κ2) is 3.97. The fraction of sp³-hybridized carbons (Fsp3) is 0.875. The van der Waals surface area contributed by atoms with E-state index in [2.05, 4.69) is 9.50 Å². The van der Waals surface area contributed by atoms with Crippen molar-refractivity contribution < 1.29 is 17.4 Å². The van der Waals surface area contributed by atoms with Gasteiger partial charge in [-0.3, -0.25) is 4.18 Å². The zero-order valence-corrected chi connectivity index (χ0v) is 9.93. The van der Waals surface area contributed by atoms with E-state index in [0.717, 1.165) is 6.26 Å². The summed E-state index contributed by atoms with van der Waals surface area (Å²) in [4.78, 5) is 12.9. The van der Waals surface area contributed by atoms with Gasteiger partial charge in [0.05, 0.1) is 18.4 Å². The molecule has 1 aliphatic rings. The molecule has 0 atom stereocenters. The molecule has 1 aliphatic heterocycles. The molecule has 0 radical (unpaired) electrons. The molecule has 1 rings (SSSR count). The van der Waals surface area contributed by atoms with Crippen molar-refractivity contribution in [3.8, 4) is 0 Å². The van der Waals surface area contributed by atoms with E-state index in [1.807, 2.05) is 13.8 Å². The van der Waals surface area contributed by atoms with Crippen LogP contribution < -0.4 is 5.32 Å². The molecule has 0 aromatic heterocycles. The van der Waals surface area contributed by atoms with Crippen LogP contribution in [0, 0.1) is 0 Å². The highest BCUT2D eigenvalue weighted by molar-refractivity contribution is 7.85. The summed E-state index contributed by atoms with van der Waals surface area (Å²) >= 11 is 0. The molecule has 0 bridgehead atoms. The number of hydrogen-bond donors (Lipinski definition) is 1. The summed E-state index contributed by atoms with van der Waals surface area (Å²) in [5, 5.41) is 2.77. The van der Waals surface area contributed by atoms with Crippen molar-refractivity contribution in [2.24, 2.45) is 0 Å². The maximum Gasteiger partial charge on any atom is 0.318 e. The van der Waals surface area contributed by atoms with Gasteiger partial charge in [-0.1, -0.05) is 0 Å². The maximum atomic E-state index is 11.4. The number of carbonyl (C=O) groups is 1. The Morgan fingerprint density at radius 2 is 2.13 bits per heavy atom. The van der Waals surface area contributed by atoms with Crippen molar-refractivity contribution in [2.75, 3.05) is 26.0 Å². The molecule has 7 heteroatoms. The number of nitrogens with one attached hydrogen (secondary N) is 1. The van der Waals surface area contributed by atoms with Crippen LogP contribution in [0.25, 0.3) is 0 Å². The van der Waals surface area contributed by atoms with Gasteiger partial charge in [0, 0.05) is 13.1 Å². The number of urea groups is 1. The highest BCUT2D eigenvalue weighted by Crippen LogP contribution is 2.13. The van der Waals surface area contributed by atoms with E-state index in [0.29, 0.717) is 6.54 Å². The minimum atomic E-state index is -3.42. The lowest BCUT2D eigenvalue weighted by atomic mass is 10.1. The Kier molecular flexibility index (Phi) is 3.25. The Hall–Kier alpha value is -0.820. The van der Waals surface area contributed by atoms with Crippen molar-refractivity contribution in [3.63, 3.8) is 0 Å². The van der Waals surface area contributed by atoms with Crippen LogP contribution in [0.5, 0.6) is 0 Å². The first-order chi connectivity index (χ1) is 6.70. The average Bonchev–Trinajstić information content (AvgIpc) is 2.22. The third-order valence-electron chi connectivity index (χ3n) is 1.98. The summed E-state index contributed by atoms with van der Waals surface area (Å²) in [6.07, 6.45) is 0.987. The standard InChI is InChI=1S/C8H16N2O4S/c1-8(2)6-10(7(11)9-8)4-5-14-15(3,12)13/h4-6H2,1-3H3,(H,9,11). The Balaban J connectivity index is 2.38. The number of hydrogen-bond acceptors (Lipinski definition) is 4.